The zero-order valence-electron chi connectivity index (χ0n) is 13.9. The SMILES string of the molecule is COC(=O)c1cnc(C(C)(C)Sc2ccccc2)nc1C(=O)OC. The fourth-order valence-electron chi connectivity index (χ4n) is 2.01. The van der Waals surface area contributed by atoms with Crippen molar-refractivity contribution in [2.45, 2.75) is 23.5 Å². The van der Waals surface area contributed by atoms with Crippen molar-refractivity contribution in [2.24, 2.45) is 0 Å². The van der Waals surface area contributed by atoms with Crippen molar-refractivity contribution < 1.29 is 19.1 Å². The van der Waals surface area contributed by atoms with Crippen LogP contribution in [0.5, 0.6) is 0 Å². The number of aromatic nitrogens is 2. The van der Waals surface area contributed by atoms with Crippen molar-refractivity contribution in [1.82, 2.24) is 9.97 Å². The van der Waals surface area contributed by atoms with Gasteiger partial charge in [-0.05, 0) is 26.0 Å². The van der Waals surface area contributed by atoms with Gasteiger partial charge in [-0.15, -0.1) is 11.8 Å². The number of thioether (sulfide) groups is 1. The van der Waals surface area contributed by atoms with Gasteiger partial charge in [0.2, 0.25) is 0 Å². The number of nitrogens with zero attached hydrogens (tertiary/aromatic N) is 2. The normalized spacial score (nSPS) is 11.0. The molecule has 0 N–H and O–H groups in total. The van der Waals surface area contributed by atoms with Gasteiger partial charge in [0.25, 0.3) is 0 Å². The van der Waals surface area contributed by atoms with Crippen LogP contribution in [0.1, 0.15) is 40.5 Å². The van der Waals surface area contributed by atoms with E-state index in [0.29, 0.717) is 5.82 Å². The Morgan fingerprint density at radius 2 is 1.67 bits per heavy atom. The third-order valence-electron chi connectivity index (χ3n) is 3.23. The van der Waals surface area contributed by atoms with Crippen LogP contribution in [0, 0.1) is 0 Å². The second-order valence-corrected chi connectivity index (χ2v) is 7.06. The van der Waals surface area contributed by atoms with Gasteiger partial charge in [0.15, 0.2) is 5.69 Å². The molecule has 0 fully saturated rings. The van der Waals surface area contributed by atoms with E-state index in [1.165, 1.54) is 20.4 Å². The van der Waals surface area contributed by atoms with E-state index >= 15 is 0 Å². The molecule has 0 bridgehead atoms. The molecule has 0 amide bonds. The molecule has 24 heavy (non-hydrogen) atoms. The molecule has 0 aliphatic carbocycles. The first-order valence-corrected chi connectivity index (χ1v) is 7.99. The Morgan fingerprint density at radius 1 is 1.04 bits per heavy atom. The lowest BCUT2D eigenvalue weighted by molar-refractivity contribution is 0.0548. The molecular formula is C17H18N2O4S. The van der Waals surface area contributed by atoms with E-state index in [2.05, 4.69) is 14.7 Å². The van der Waals surface area contributed by atoms with E-state index in [1.807, 2.05) is 44.2 Å². The highest BCUT2D eigenvalue weighted by Gasteiger charge is 2.29. The molecule has 126 valence electrons. The topological polar surface area (TPSA) is 78.4 Å². The van der Waals surface area contributed by atoms with Crippen LogP contribution in [0.4, 0.5) is 0 Å². The summed E-state index contributed by atoms with van der Waals surface area (Å²) in [6.07, 6.45) is 1.30. The molecule has 0 spiro atoms. The second-order valence-electron chi connectivity index (χ2n) is 5.36. The Bertz CT molecular complexity index is 748. The minimum Gasteiger partial charge on any atom is -0.465 e. The van der Waals surface area contributed by atoms with E-state index in [9.17, 15) is 9.59 Å². The number of rotatable bonds is 5. The molecule has 1 aromatic carbocycles. The van der Waals surface area contributed by atoms with Gasteiger partial charge in [0.1, 0.15) is 11.4 Å². The highest BCUT2D eigenvalue weighted by atomic mass is 32.2. The van der Waals surface area contributed by atoms with Gasteiger partial charge in [-0.2, -0.15) is 0 Å². The van der Waals surface area contributed by atoms with E-state index in [-0.39, 0.29) is 11.3 Å². The largest absolute Gasteiger partial charge is 0.465 e. The first-order valence-electron chi connectivity index (χ1n) is 7.17. The molecule has 0 unspecified atom stereocenters. The predicted octanol–water partition coefficient (Wildman–Crippen LogP) is 3.08. The summed E-state index contributed by atoms with van der Waals surface area (Å²) in [6.45, 7) is 3.89. The fraction of sp³-hybridized carbons (Fsp3) is 0.294. The van der Waals surface area contributed by atoms with Crippen LogP contribution >= 0.6 is 11.8 Å². The van der Waals surface area contributed by atoms with Crippen molar-refractivity contribution >= 4 is 23.7 Å². The Kier molecular flexibility index (Phi) is 5.56. The summed E-state index contributed by atoms with van der Waals surface area (Å²) in [5.74, 6) is -0.973. The smallest absolute Gasteiger partial charge is 0.357 e. The average Bonchev–Trinajstić information content (AvgIpc) is 2.60. The third-order valence-corrected chi connectivity index (χ3v) is 4.43. The van der Waals surface area contributed by atoms with Gasteiger partial charge in [0.05, 0.1) is 19.0 Å². The number of esters is 2. The maximum absolute atomic E-state index is 12.0. The van der Waals surface area contributed by atoms with Gasteiger partial charge in [0, 0.05) is 11.1 Å². The van der Waals surface area contributed by atoms with Crippen molar-refractivity contribution in [2.75, 3.05) is 14.2 Å². The summed E-state index contributed by atoms with van der Waals surface area (Å²) in [7, 11) is 2.46. The lowest BCUT2D eigenvalue weighted by atomic mass is 10.1. The first kappa shape index (κ1) is 17.9. The molecule has 0 radical (unpaired) electrons. The van der Waals surface area contributed by atoms with Gasteiger partial charge in [-0.25, -0.2) is 19.6 Å². The second kappa shape index (κ2) is 7.44. The first-order chi connectivity index (χ1) is 11.4. The molecule has 0 aliphatic heterocycles. The molecule has 0 saturated carbocycles. The maximum Gasteiger partial charge on any atom is 0.357 e. The lowest BCUT2D eigenvalue weighted by Crippen LogP contribution is -2.22. The Balaban J connectivity index is 2.43. The Morgan fingerprint density at radius 3 is 2.25 bits per heavy atom. The number of benzene rings is 1. The summed E-state index contributed by atoms with van der Waals surface area (Å²) in [4.78, 5) is 33.3. The molecule has 6 nitrogen and oxygen atoms in total. The van der Waals surface area contributed by atoms with E-state index < -0.39 is 16.7 Å². The monoisotopic (exact) mass is 346 g/mol. The van der Waals surface area contributed by atoms with Gasteiger partial charge in [-0.3, -0.25) is 0 Å². The molecule has 7 heteroatoms. The summed E-state index contributed by atoms with van der Waals surface area (Å²) in [5.41, 5.74) is -0.121. The van der Waals surface area contributed by atoms with Crippen molar-refractivity contribution in [3.05, 3.63) is 53.6 Å². The minimum absolute atomic E-state index is 0.0198. The minimum atomic E-state index is -0.709. The van der Waals surface area contributed by atoms with Crippen LogP contribution in [-0.4, -0.2) is 36.1 Å². The molecule has 2 aromatic rings. The molecular weight excluding hydrogens is 328 g/mol. The standard InChI is InChI=1S/C17H18N2O4S/c1-17(2,24-11-8-6-5-7-9-11)16-18-10-12(14(20)22-3)13(19-16)15(21)23-4/h5-10H,1-4H3. The number of methoxy groups -OCH3 is 2. The molecule has 2 rings (SSSR count). The Hall–Kier alpha value is -2.41. The predicted molar refractivity (Wildman–Crippen MR) is 90.0 cm³/mol. The van der Waals surface area contributed by atoms with Gasteiger partial charge in [-0.1, -0.05) is 18.2 Å². The fourth-order valence-corrected chi connectivity index (χ4v) is 3.08. The van der Waals surface area contributed by atoms with Crippen LogP contribution in [0.3, 0.4) is 0 Å². The summed E-state index contributed by atoms with van der Waals surface area (Å²) in [5, 5.41) is 0. The summed E-state index contributed by atoms with van der Waals surface area (Å²) < 4.78 is 8.86. The molecule has 0 saturated heterocycles. The average molecular weight is 346 g/mol. The van der Waals surface area contributed by atoms with Gasteiger partial charge < -0.3 is 9.47 Å². The number of hydrogen-bond acceptors (Lipinski definition) is 7. The molecule has 1 aromatic heterocycles. The van der Waals surface area contributed by atoms with Crippen molar-refractivity contribution in [3.8, 4) is 0 Å². The van der Waals surface area contributed by atoms with E-state index in [4.69, 9.17) is 4.74 Å². The third kappa shape index (κ3) is 3.91. The highest BCUT2D eigenvalue weighted by Crippen LogP contribution is 2.39. The van der Waals surface area contributed by atoms with Gasteiger partial charge >= 0.3 is 11.9 Å². The van der Waals surface area contributed by atoms with E-state index in [0.717, 1.165) is 4.90 Å². The number of carbonyl (C=O) groups excluding carboxylic acids is 2. The summed E-state index contributed by atoms with van der Waals surface area (Å²) in [6, 6.07) is 9.79. The van der Waals surface area contributed by atoms with Crippen LogP contribution in [-0.2, 0) is 14.2 Å². The quantitative estimate of drug-likeness (QED) is 0.608. The zero-order chi connectivity index (χ0) is 17.7. The number of ether oxygens (including phenoxy) is 2. The van der Waals surface area contributed by atoms with E-state index in [1.54, 1.807) is 11.8 Å². The maximum atomic E-state index is 12.0. The molecule has 1 heterocycles. The van der Waals surface area contributed by atoms with Crippen LogP contribution < -0.4 is 0 Å². The summed E-state index contributed by atoms with van der Waals surface area (Å²) >= 11 is 1.55. The van der Waals surface area contributed by atoms with Crippen LogP contribution in [0.15, 0.2) is 41.4 Å². The van der Waals surface area contributed by atoms with Crippen LogP contribution in [0.2, 0.25) is 0 Å². The highest BCUT2D eigenvalue weighted by molar-refractivity contribution is 8.00. The lowest BCUT2D eigenvalue weighted by Gasteiger charge is -2.23. The van der Waals surface area contributed by atoms with Crippen molar-refractivity contribution in [3.63, 3.8) is 0 Å². The number of carbonyl (C=O) groups is 2. The number of hydrogen-bond donors (Lipinski definition) is 0. The van der Waals surface area contributed by atoms with Crippen LogP contribution in [0.25, 0.3) is 0 Å². The molecule has 0 atom stereocenters. The Labute approximate surface area is 144 Å². The molecule has 0 aliphatic rings. The van der Waals surface area contributed by atoms with Crippen molar-refractivity contribution in [1.29, 1.82) is 0 Å². The zero-order valence-corrected chi connectivity index (χ0v) is 14.7.